The van der Waals surface area contributed by atoms with Crippen LogP contribution in [0.15, 0.2) is 18.7 Å². The average molecular weight is 251 g/mol. The third-order valence-corrected chi connectivity index (χ3v) is 3.64. The maximum Gasteiger partial charge on any atom is 0.0945 e. The first-order valence-electron chi connectivity index (χ1n) is 7.06. The molecule has 4 heteroatoms. The lowest BCUT2D eigenvalue weighted by Gasteiger charge is -2.32. The second kappa shape index (κ2) is 6.90. The van der Waals surface area contributed by atoms with Crippen molar-refractivity contribution in [3.05, 3.63) is 18.7 Å². The Hall–Kier alpha value is -0.870. The lowest BCUT2D eigenvalue weighted by atomic mass is 9.95. The van der Waals surface area contributed by atoms with Crippen molar-refractivity contribution in [3.8, 4) is 0 Å². The van der Waals surface area contributed by atoms with Crippen molar-refractivity contribution in [2.75, 3.05) is 13.2 Å². The van der Waals surface area contributed by atoms with Gasteiger partial charge >= 0.3 is 0 Å². The summed E-state index contributed by atoms with van der Waals surface area (Å²) < 4.78 is 7.91. The zero-order chi connectivity index (χ0) is 12.8. The number of ether oxygens (including phenoxy) is 1. The summed E-state index contributed by atoms with van der Waals surface area (Å²) in [6.45, 7) is 7.51. The second-order valence-electron chi connectivity index (χ2n) is 5.48. The van der Waals surface area contributed by atoms with E-state index in [4.69, 9.17) is 4.74 Å². The lowest BCUT2D eigenvalue weighted by Crippen LogP contribution is -2.41. The van der Waals surface area contributed by atoms with Crippen LogP contribution in [0, 0.1) is 5.92 Å². The zero-order valence-corrected chi connectivity index (χ0v) is 11.5. The van der Waals surface area contributed by atoms with Crippen LogP contribution in [0.5, 0.6) is 0 Å². The molecule has 0 amide bonds. The molecule has 0 bridgehead atoms. The molecule has 2 heterocycles. The number of hydrogen-bond donors (Lipinski definition) is 1. The molecular formula is C14H25N3O. The minimum absolute atomic E-state index is 0.435. The molecule has 1 aromatic rings. The Bertz CT molecular complexity index is 324. The highest BCUT2D eigenvalue weighted by molar-refractivity contribution is 4.79. The molecule has 1 N–H and O–H groups in total. The third-order valence-electron chi connectivity index (χ3n) is 3.64. The van der Waals surface area contributed by atoms with Crippen molar-refractivity contribution < 1.29 is 4.74 Å². The van der Waals surface area contributed by atoms with Gasteiger partial charge in [-0.3, -0.25) is 0 Å². The predicted molar refractivity (Wildman–Crippen MR) is 72.4 cm³/mol. The first kappa shape index (κ1) is 13.6. The van der Waals surface area contributed by atoms with Crippen LogP contribution in [0.4, 0.5) is 0 Å². The molecule has 0 spiro atoms. The number of nitrogens with one attached hydrogen (secondary N) is 1. The topological polar surface area (TPSA) is 39.1 Å². The van der Waals surface area contributed by atoms with Crippen molar-refractivity contribution >= 4 is 0 Å². The fourth-order valence-corrected chi connectivity index (χ4v) is 2.46. The molecule has 1 aliphatic rings. The van der Waals surface area contributed by atoms with E-state index in [1.165, 1.54) is 0 Å². The summed E-state index contributed by atoms with van der Waals surface area (Å²) in [6, 6.07) is 0.633. The molecule has 0 aliphatic carbocycles. The van der Waals surface area contributed by atoms with E-state index in [1.54, 1.807) is 0 Å². The van der Waals surface area contributed by atoms with Crippen LogP contribution in [-0.4, -0.2) is 34.8 Å². The molecule has 2 unspecified atom stereocenters. The Balaban J connectivity index is 1.61. The lowest BCUT2D eigenvalue weighted by molar-refractivity contribution is -0.0243. The number of aryl methyl sites for hydroxylation is 1. The normalized spacial score (nSPS) is 24.6. The molecule has 4 nitrogen and oxygen atoms in total. The van der Waals surface area contributed by atoms with E-state index in [-0.39, 0.29) is 0 Å². The Kier molecular flexibility index (Phi) is 5.20. The molecule has 1 aliphatic heterocycles. The summed E-state index contributed by atoms with van der Waals surface area (Å²) in [4.78, 5) is 4.05. The van der Waals surface area contributed by atoms with Gasteiger partial charge in [-0.1, -0.05) is 13.8 Å². The van der Waals surface area contributed by atoms with E-state index in [9.17, 15) is 0 Å². The van der Waals surface area contributed by atoms with Crippen LogP contribution in [0.25, 0.3) is 0 Å². The maximum absolute atomic E-state index is 5.78. The standard InChI is InChI=1S/C14H25N3O/c1-12(2)14-10-13(4-9-18-14)16-5-3-7-17-8-6-15-11-17/h6,8,11-14,16H,3-5,7,9-10H2,1-2H3. The average Bonchev–Trinajstić information content (AvgIpc) is 2.88. The quantitative estimate of drug-likeness (QED) is 0.787. The van der Waals surface area contributed by atoms with E-state index >= 15 is 0 Å². The van der Waals surface area contributed by atoms with Gasteiger partial charge in [0.05, 0.1) is 12.4 Å². The van der Waals surface area contributed by atoms with E-state index in [1.807, 2.05) is 18.7 Å². The van der Waals surface area contributed by atoms with Gasteiger partial charge in [-0.05, 0) is 31.7 Å². The van der Waals surface area contributed by atoms with Gasteiger partial charge in [0.1, 0.15) is 0 Å². The van der Waals surface area contributed by atoms with Crippen LogP contribution >= 0.6 is 0 Å². The summed E-state index contributed by atoms with van der Waals surface area (Å²) in [5.41, 5.74) is 0. The van der Waals surface area contributed by atoms with Crippen molar-refractivity contribution in [1.82, 2.24) is 14.9 Å². The summed E-state index contributed by atoms with van der Waals surface area (Å²) in [6.07, 6.45) is 9.62. The molecule has 0 aromatic carbocycles. The first-order valence-corrected chi connectivity index (χ1v) is 7.06. The fourth-order valence-electron chi connectivity index (χ4n) is 2.46. The predicted octanol–water partition coefficient (Wildman–Crippen LogP) is 2.07. The summed E-state index contributed by atoms with van der Waals surface area (Å²) in [5.74, 6) is 0.626. The van der Waals surface area contributed by atoms with Crippen LogP contribution in [0.1, 0.15) is 33.1 Å². The number of rotatable bonds is 6. The highest BCUT2D eigenvalue weighted by atomic mass is 16.5. The van der Waals surface area contributed by atoms with Crippen LogP contribution in [-0.2, 0) is 11.3 Å². The fraction of sp³-hybridized carbons (Fsp3) is 0.786. The molecule has 1 fully saturated rings. The maximum atomic E-state index is 5.78. The largest absolute Gasteiger partial charge is 0.378 e. The molecular weight excluding hydrogens is 226 g/mol. The van der Waals surface area contributed by atoms with Crippen molar-refractivity contribution in [3.63, 3.8) is 0 Å². The Morgan fingerprint density at radius 1 is 1.50 bits per heavy atom. The van der Waals surface area contributed by atoms with E-state index in [0.717, 1.165) is 39.0 Å². The van der Waals surface area contributed by atoms with Gasteiger partial charge in [-0.25, -0.2) is 4.98 Å². The minimum atomic E-state index is 0.435. The van der Waals surface area contributed by atoms with Crippen molar-refractivity contribution in [2.24, 2.45) is 5.92 Å². The number of nitrogens with zero attached hydrogens (tertiary/aromatic N) is 2. The van der Waals surface area contributed by atoms with E-state index < -0.39 is 0 Å². The van der Waals surface area contributed by atoms with Crippen LogP contribution in [0.2, 0.25) is 0 Å². The number of imidazole rings is 1. The molecule has 0 radical (unpaired) electrons. The molecule has 0 saturated carbocycles. The molecule has 1 saturated heterocycles. The van der Waals surface area contributed by atoms with Crippen molar-refractivity contribution in [1.29, 1.82) is 0 Å². The number of aromatic nitrogens is 2. The van der Waals surface area contributed by atoms with E-state index in [0.29, 0.717) is 18.1 Å². The third kappa shape index (κ3) is 4.10. The molecule has 2 rings (SSSR count). The highest BCUT2D eigenvalue weighted by Crippen LogP contribution is 2.20. The van der Waals surface area contributed by atoms with Gasteiger partial charge in [0.25, 0.3) is 0 Å². The molecule has 2 atom stereocenters. The number of hydrogen-bond acceptors (Lipinski definition) is 3. The van der Waals surface area contributed by atoms with Gasteiger partial charge in [0, 0.05) is 31.6 Å². The molecule has 18 heavy (non-hydrogen) atoms. The van der Waals surface area contributed by atoms with Crippen molar-refractivity contribution in [2.45, 2.75) is 51.8 Å². The minimum Gasteiger partial charge on any atom is -0.378 e. The van der Waals surface area contributed by atoms with Crippen LogP contribution < -0.4 is 5.32 Å². The van der Waals surface area contributed by atoms with Gasteiger partial charge in [0.2, 0.25) is 0 Å². The second-order valence-corrected chi connectivity index (χ2v) is 5.48. The monoisotopic (exact) mass is 251 g/mol. The Labute approximate surface area is 110 Å². The summed E-state index contributed by atoms with van der Waals surface area (Å²) >= 11 is 0. The summed E-state index contributed by atoms with van der Waals surface area (Å²) in [5, 5.41) is 3.66. The van der Waals surface area contributed by atoms with Gasteiger partial charge in [-0.2, -0.15) is 0 Å². The molecule has 102 valence electrons. The Morgan fingerprint density at radius 2 is 2.39 bits per heavy atom. The first-order chi connectivity index (χ1) is 8.75. The SMILES string of the molecule is CC(C)C1CC(NCCCn2ccnc2)CCO1. The van der Waals surface area contributed by atoms with E-state index in [2.05, 4.69) is 28.7 Å². The smallest absolute Gasteiger partial charge is 0.0945 e. The van der Waals surface area contributed by atoms with Crippen LogP contribution in [0.3, 0.4) is 0 Å². The zero-order valence-electron chi connectivity index (χ0n) is 11.5. The van der Waals surface area contributed by atoms with Gasteiger partial charge in [0.15, 0.2) is 0 Å². The molecule has 1 aromatic heterocycles. The summed E-state index contributed by atoms with van der Waals surface area (Å²) in [7, 11) is 0. The highest BCUT2D eigenvalue weighted by Gasteiger charge is 2.24. The Morgan fingerprint density at radius 3 is 3.11 bits per heavy atom. The van der Waals surface area contributed by atoms with Gasteiger partial charge in [-0.15, -0.1) is 0 Å². The van der Waals surface area contributed by atoms with Gasteiger partial charge < -0.3 is 14.6 Å².